The van der Waals surface area contributed by atoms with Crippen LogP contribution in [0.4, 0.5) is 8.78 Å². The fraction of sp³-hybridized carbons (Fsp3) is 0.188. The van der Waals surface area contributed by atoms with Crippen LogP contribution in [0.25, 0.3) is 0 Å². The highest BCUT2D eigenvalue weighted by molar-refractivity contribution is 5.79. The van der Waals surface area contributed by atoms with Gasteiger partial charge >= 0.3 is 0 Å². The first-order valence-electron chi connectivity index (χ1n) is 6.28. The third kappa shape index (κ3) is 4.56. The molecule has 0 aliphatic rings. The molecule has 109 valence electrons. The number of hydrogen-bond acceptors (Lipinski definition) is 3. The summed E-state index contributed by atoms with van der Waals surface area (Å²) in [4.78, 5) is 5.05. The molecule has 0 unspecified atom stereocenters. The van der Waals surface area contributed by atoms with E-state index in [1.165, 1.54) is 12.1 Å². The van der Waals surface area contributed by atoms with Gasteiger partial charge in [-0.15, -0.1) is 0 Å². The maximum absolute atomic E-state index is 12.5. The minimum absolute atomic E-state index is 0.0285. The van der Waals surface area contributed by atoms with E-state index in [9.17, 15) is 8.78 Å². The fourth-order valence-electron chi connectivity index (χ4n) is 1.68. The Kier molecular flexibility index (Phi) is 5.26. The van der Waals surface area contributed by atoms with Crippen LogP contribution in [0.3, 0.4) is 0 Å². The highest BCUT2D eigenvalue weighted by Crippen LogP contribution is 2.19. The molecule has 21 heavy (non-hydrogen) atoms. The lowest BCUT2D eigenvalue weighted by Gasteiger charge is -2.03. The van der Waals surface area contributed by atoms with Crippen LogP contribution >= 0.6 is 0 Å². The standard InChI is InChI=1S/C16H14F2NO2/c1-20-15-7-5-12(6-8-15)10-19-21-11-13-3-2-4-14(9-13)16(17)18/h2-9,16H,11H2,1H3. The molecule has 2 rings (SSSR count). The monoisotopic (exact) mass is 290 g/mol. The van der Waals surface area contributed by atoms with Crippen LogP contribution in [0, 0.1) is 0 Å². The largest absolute Gasteiger partial charge is 0.497 e. The van der Waals surface area contributed by atoms with Crippen molar-refractivity contribution in [1.82, 2.24) is 0 Å². The Morgan fingerprint density at radius 1 is 1.14 bits per heavy atom. The highest BCUT2D eigenvalue weighted by atomic mass is 19.3. The van der Waals surface area contributed by atoms with E-state index in [0.29, 0.717) is 5.56 Å². The van der Waals surface area contributed by atoms with Crippen molar-refractivity contribution in [3.8, 4) is 5.75 Å². The zero-order valence-corrected chi connectivity index (χ0v) is 11.4. The second-order valence-corrected chi connectivity index (χ2v) is 4.25. The molecule has 0 bridgehead atoms. The number of alkyl halides is 2. The summed E-state index contributed by atoms with van der Waals surface area (Å²) in [7, 11) is 1.59. The van der Waals surface area contributed by atoms with E-state index in [-0.39, 0.29) is 12.2 Å². The number of ether oxygens (including phenoxy) is 1. The van der Waals surface area contributed by atoms with Crippen molar-refractivity contribution in [1.29, 1.82) is 0 Å². The van der Waals surface area contributed by atoms with Gasteiger partial charge in [0, 0.05) is 11.1 Å². The van der Waals surface area contributed by atoms with Gasteiger partial charge in [0.1, 0.15) is 18.6 Å². The van der Waals surface area contributed by atoms with E-state index >= 15 is 0 Å². The van der Waals surface area contributed by atoms with Crippen LogP contribution in [0.2, 0.25) is 0 Å². The molecule has 5 heteroatoms. The molecule has 0 heterocycles. The molecule has 2 aromatic rings. The number of rotatable bonds is 6. The van der Waals surface area contributed by atoms with Crippen molar-refractivity contribution in [2.75, 3.05) is 7.11 Å². The van der Waals surface area contributed by atoms with Gasteiger partial charge in [-0.05, 0) is 35.9 Å². The molecule has 3 nitrogen and oxygen atoms in total. The number of nitrogens with zero attached hydrogens (tertiary/aromatic N) is 1. The lowest BCUT2D eigenvalue weighted by atomic mass is 10.1. The van der Waals surface area contributed by atoms with Gasteiger partial charge in [0.05, 0.1) is 7.11 Å². The van der Waals surface area contributed by atoms with Crippen LogP contribution in [0.5, 0.6) is 5.75 Å². The normalized spacial score (nSPS) is 11.0. The molecule has 0 aliphatic carbocycles. The third-order valence-corrected chi connectivity index (χ3v) is 2.76. The summed E-state index contributed by atoms with van der Waals surface area (Å²) < 4.78 is 30.1. The Morgan fingerprint density at radius 3 is 2.57 bits per heavy atom. The van der Waals surface area contributed by atoms with Gasteiger partial charge in [0.2, 0.25) is 0 Å². The zero-order chi connectivity index (χ0) is 15.1. The molecular formula is C16H14F2NO2. The Bertz CT molecular complexity index is 597. The summed E-state index contributed by atoms with van der Waals surface area (Å²) in [5, 5.41) is 3.69. The summed E-state index contributed by atoms with van der Waals surface area (Å²) >= 11 is 0. The van der Waals surface area contributed by atoms with Crippen LogP contribution in [0.1, 0.15) is 23.1 Å². The summed E-state index contributed by atoms with van der Waals surface area (Å²) in [5.41, 5.74) is 1.34. The van der Waals surface area contributed by atoms with Crippen LogP contribution in [-0.2, 0) is 11.4 Å². The Morgan fingerprint density at radius 2 is 1.90 bits per heavy atom. The van der Waals surface area contributed by atoms with Gasteiger partial charge in [-0.25, -0.2) is 8.78 Å². The fourth-order valence-corrected chi connectivity index (χ4v) is 1.68. The Balaban J connectivity index is 1.88. The molecule has 1 radical (unpaired) electrons. The topological polar surface area (TPSA) is 30.8 Å². The predicted molar refractivity (Wildman–Crippen MR) is 75.7 cm³/mol. The summed E-state index contributed by atoms with van der Waals surface area (Å²) in [5.74, 6) is 0.741. The van der Waals surface area contributed by atoms with E-state index in [4.69, 9.17) is 9.57 Å². The predicted octanol–water partition coefficient (Wildman–Crippen LogP) is 4.06. The third-order valence-electron chi connectivity index (χ3n) is 2.76. The minimum Gasteiger partial charge on any atom is -0.497 e. The number of hydrogen-bond donors (Lipinski definition) is 0. The van der Waals surface area contributed by atoms with Crippen LogP contribution in [-0.4, -0.2) is 13.3 Å². The summed E-state index contributed by atoms with van der Waals surface area (Å²) in [6.45, 7) is 0.115. The first-order chi connectivity index (χ1) is 10.2. The van der Waals surface area contributed by atoms with Gasteiger partial charge in [-0.3, -0.25) is 0 Å². The Hall–Kier alpha value is -2.43. The van der Waals surface area contributed by atoms with Gasteiger partial charge in [-0.1, -0.05) is 23.4 Å². The van der Waals surface area contributed by atoms with E-state index in [1.807, 2.05) is 0 Å². The Labute approximate surface area is 121 Å². The molecule has 0 amide bonds. The SMILES string of the molecule is COc1ccc(/[C]=N\OCc2cccc(C(F)F)c2)cc1. The van der Waals surface area contributed by atoms with Crippen molar-refractivity contribution in [3.63, 3.8) is 0 Å². The van der Waals surface area contributed by atoms with Crippen molar-refractivity contribution in [2.45, 2.75) is 13.0 Å². The van der Waals surface area contributed by atoms with Gasteiger partial charge < -0.3 is 9.57 Å². The molecular weight excluding hydrogens is 276 g/mol. The second kappa shape index (κ2) is 7.38. The second-order valence-electron chi connectivity index (χ2n) is 4.25. The van der Waals surface area contributed by atoms with Crippen molar-refractivity contribution in [2.24, 2.45) is 5.16 Å². The summed E-state index contributed by atoms with van der Waals surface area (Å²) in [6, 6.07) is 13.2. The lowest BCUT2D eigenvalue weighted by molar-refractivity contribution is 0.130. The lowest BCUT2D eigenvalue weighted by Crippen LogP contribution is -1.91. The van der Waals surface area contributed by atoms with Gasteiger partial charge in [0.15, 0.2) is 0 Å². The van der Waals surface area contributed by atoms with Crippen molar-refractivity contribution >= 4 is 6.21 Å². The molecule has 0 aliphatic heterocycles. The number of benzene rings is 2. The average molecular weight is 290 g/mol. The molecule has 0 atom stereocenters. The molecule has 0 spiro atoms. The smallest absolute Gasteiger partial charge is 0.263 e. The summed E-state index contributed by atoms with van der Waals surface area (Å²) in [6.07, 6.45) is 0.216. The van der Waals surface area contributed by atoms with Crippen LogP contribution < -0.4 is 4.74 Å². The van der Waals surface area contributed by atoms with Crippen LogP contribution in [0.15, 0.2) is 53.7 Å². The quantitative estimate of drug-likeness (QED) is 0.593. The maximum atomic E-state index is 12.5. The van der Waals surface area contributed by atoms with E-state index in [0.717, 1.165) is 11.3 Å². The molecule has 0 fully saturated rings. The minimum atomic E-state index is -2.49. The number of methoxy groups -OCH3 is 1. The molecule has 0 aromatic heterocycles. The van der Waals surface area contributed by atoms with E-state index < -0.39 is 6.43 Å². The molecule has 2 aromatic carbocycles. The molecule has 0 N–H and O–H groups in total. The molecule has 0 saturated carbocycles. The van der Waals surface area contributed by atoms with Gasteiger partial charge in [0.25, 0.3) is 6.43 Å². The first kappa shape index (κ1) is 15.0. The highest BCUT2D eigenvalue weighted by Gasteiger charge is 2.06. The van der Waals surface area contributed by atoms with E-state index in [2.05, 4.69) is 11.4 Å². The van der Waals surface area contributed by atoms with Gasteiger partial charge in [-0.2, -0.15) is 0 Å². The first-order valence-corrected chi connectivity index (χ1v) is 6.28. The van der Waals surface area contributed by atoms with E-state index in [1.54, 1.807) is 43.5 Å². The average Bonchev–Trinajstić information content (AvgIpc) is 2.52. The zero-order valence-electron chi connectivity index (χ0n) is 11.4. The number of halogens is 2. The van der Waals surface area contributed by atoms with Crippen molar-refractivity contribution < 1.29 is 18.4 Å². The van der Waals surface area contributed by atoms with Crippen molar-refractivity contribution in [3.05, 3.63) is 65.2 Å². The molecule has 0 saturated heterocycles. The maximum Gasteiger partial charge on any atom is 0.263 e.